The Hall–Kier alpha value is -3.95. The molecular weight excluding hydrogens is 628 g/mol. The molecule has 0 bridgehead atoms. The van der Waals surface area contributed by atoms with Gasteiger partial charge in [0.25, 0.3) is 0 Å². The minimum atomic E-state index is -0.451. The lowest BCUT2D eigenvalue weighted by Crippen LogP contribution is -2.09. The average molecular weight is 654 g/mol. The zero-order valence-corrected chi connectivity index (χ0v) is 24.6. The molecule has 3 N–H and O–H groups in total. The standard InChI is InChI=1S/C16H14BrNO3.C14H12BrNO2/c1-10(19)18-11-7-8-12(14(9-11)16(20)21-2)13-5-3-4-6-15(13)17;1-18-14(17)12-8-9(16)6-7-10(12)11-4-2-3-5-13(11)15/h3-9H,1-2H3,(H,18,19);2-8H,16H2,1H3. The van der Waals surface area contributed by atoms with Crippen LogP contribution in [-0.2, 0) is 14.3 Å². The molecule has 4 rings (SSSR count). The van der Waals surface area contributed by atoms with Gasteiger partial charge >= 0.3 is 11.9 Å². The van der Waals surface area contributed by atoms with Gasteiger partial charge in [-0.15, -0.1) is 0 Å². The Morgan fingerprint density at radius 2 is 1.13 bits per heavy atom. The summed E-state index contributed by atoms with van der Waals surface area (Å²) in [6.07, 6.45) is 0. The van der Waals surface area contributed by atoms with E-state index in [1.54, 1.807) is 30.3 Å². The Labute approximate surface area is 243 Å². The summed E-state index contributed by atoms with van der Waals surface area (Å²) in [5.41, 5.74) is 11.0. The number of carbonyl (C=O) groups excluding carboxylic acids is 3. The second-order valence-electron chi connectivity index (χ2n) is 8.19. The summed E-state index contributed by atoms with van der Waals surface area (Å²) in [4.78, 5) is 34.9. The number of benzene rings is 4. The molecule has 39 heavy (non-hydrogen) atoms. The molecule has 200 valence electrons. The highest BCUT2D eigenvalue weighted by Crippen LogP contribution is 2.33. The van der Waals surface area contributed by atoms with Gasteiger partial charge in [-0.05, 0) is 58.7 Å². The second kappa shape index (κ2) is 13.7. The second-order valence-corrected chi connectivity index (χ2v) is 9.90. The lowest BCUT2D eigenvalue weighted by Gasteiger charge is -2.12. The Kier molecular flexibility index (Phi) is 10.4. The summed E-state index contributed by atoms with van der Waals surface area (Å²) >= 11 is 6.95. The predicted molar refractivity (Wildman–Crippen MR) is 161 cm³/mol. The number of carbonyl (C=O) groups is 3. The van der Waals surface area contributed by atoms with E-state index in [9.17, 15) is 14.4 Å². The molecule has 4 aromatic rings. The molecule has 7 nitrogen and oxygen atoms in total. The van der Waals surface area contributed by atoms with Gasteiger partial charge < -0.3 is 20.5 Å². The molecule has 4 aromatic carbocycles. The van der Waals surface area contributed by atoms with Crippen LogP contribution in [0.5, 0.6) is 0 Å². The third kappa shape index (κ3) is 7.55. The van der Waals surface area contributed by atoms with Gasteiger partial charge in [-0.2, -0.15) is 0 Å². The van der Waals surface area contributed by atoms with Gasteiger partial charge in [0.05, 0.1) is 25.3 Å². The van der Waals surface area contributed by atoms with Crippen molar-refractivity contribution in [2.24, 2.45) is 0 Å². The fourth-order valence-electron chi connectivity index (χ4n) is 3.77. The van der Waals surface area contributed by atoms with Gasteiger partial charge in [0, 0.05) is 27.2 Å². The molecule has 0 aliphatic heterocycles. The van der Waals surface area contributed by atoms with Crippen molar-refractivity contribution >= 4 is 61.1 Å². The predicted octanol–water partition coefficient (Wildman–Crippen LogP) is 7.35. The zero-order valence-electron chi connectivity index (χ0n) is 21.5. The van der Waals surface area contributed by atoms with Crippen LogP contribution in [0.15, 0.2) is 93.9 Å². The molecule has 0 saturated carbocycles. The van der Waals surface area contributed by atoms with Gasteiger partial charge in [-0.3, -0.25) is 4.79 Å². The third-order valence-corrected chi connectivity index (χ3v) is 6.91. The normalized spacial score (nSPS) is 10.1. The topological polar surface area (TPSA) is 108 Å². The van der Waals surface area contributed by atoms with Crippen molar-refractivity contribution in [2.45, 2.75) is 6.92 Å². The number of nitrogens with one attached hydrogen (secondary N) is 1. The Morgan fingerprint density at radius 1 is 0.667 bits per heavy atom. The maximum atomic E-state index is 12.0. The van der Waals surface area contributed by atoms with Crippen LogP contribution in [0, 0.1) is 0 Å². The molecule has 9 heteroatoms. The molecule has 0 aromatic heterocycles. The Morgan fingerprint density at radius 3 is 1.59 bits per heavy atom. The molecule has 0 aliphatic carbocycles. The number of anilines is 2. The molecule has 0 aliphatic rings. The van der Waals surface area contributed by atoms with E-state index in [-0.39, 0.29) is 5.91 Å². The SMILES string of the molecule is COC(=O)c1cc(N)ccc1-c1ccccc1Br.COC(=O)c1cc(NC(C)=O)ccc1-c1ccccc1Br. The van der Waals surface area contributed by atoms with Gasteiger partial charge in [-0.1, -0.05) is 80.4 Å². The average Bonchev–Trinajstić information content (AvgIpc) is 2.93. The Bertz CT molecular complexity index is 1520. The van der Waals surface area contributed by atoms with Gasteiger partial charge in [0.2, 0.25) is 5.91 Å². The van der Waals surface area contributed by atoms with Crippen molar-refractivity contribution in [1.29, 1.82) is 0 Å². The van der Waals surface area contributed by atoms with E-state index in [4.69, 9.17) is 15.2 Å². The molecule has 0 atom stereocenters. The first-order valence-corrected chi connectivity index (χ1v) is 13.2. The molecule has 1 amide bonds. The van der Waals surface area contributed by atoms with E-state index in [1.165, 1.54) is 21.1 Å². The number of ether oxygens (including phenoxy) is 2. The molecule has 0 spiro atoms. The van der Waals surface area contributed by atoms with Crippen molar-refractivity contribution < 1.29 is 23.9 Å². The van der Waals surface area contributed by atoms with Crippen LogP contribution in [0.25, 0.3) is 22.3 Å². The van der Waals surface area contributed by atoms with Crippen LogP contribution in [0.4, 0.5) is 11.4 Å². The quantitative estimate of drug-likeness (QED) is 0.172. The summed E-state index contributed by atoms with van der Waals surface area (Å²) in [6.45, 7) is 1.42. The fourth-order valence-corrected chi connectivity index (χ4v) is 4.77. The summed E-state index contributed by atoms with van der Waals surface area (Å²) in [5.74, 6) is -1.04. The number of nitrogen functional groups attached to an aromatic ring is 1. The Balaban J connectivity index is 0.000000218. The van der Waals surface area contributed by atoms with Crippen molar-refractivity contribution in [3.8, 4) is 22.3 Å². The summed E-state index contributed by atoms with van der Waals surface area (Å²) < 4.78 is 11.4. The number of hydrogen-bond acceptors (Lipinski definition) is 6. The van der Waals surface area contributed by atoms with Gasteiger partial charge in [0.1, 0.15) is 0 Å². The van der Waals surface area contributed by atoms with Crippen molar-refractivity contribution in [1.82, 2.24) is 0 Å². The lowest BCUT2D eigenvalue weighted by atomic mass is 9.99. The minimum Gasteiger partial charge on any atom is -0.465 e. The third-order valence-electron chi connectivity index (χ3n) is 5.52. The van der Waals surface area contributed by atoms with Gasteiger partial charge in [0.15, 0.2) is 0 Å². The highest BCUT2D eigenvalue weighted by atomic mass is 79.9. The van der Waals surface area contributed by atoms with E-state index >= 15 is 0 Å². The first-order chi connectivity index (χ1) is 18.7. The molecule has 0 radical (unpaired) electrons. The fraction of sp³-hybridized carbons (Fsp3) is 0.100. The summed E-state index contributed by atoms with van der Waals surface area (Å²) in [7, 11) is 2.69. The summed E-state index contributed by atoms with van der Waals surface area (Å²) in [6, 6.07) is 25.7. The summed E-state index contributed by atoms with van der Waals surface area (Å²) in [5, 5.41) is 2.66. The van der Waals surface area contributed by atoms with E-state index in [2.05, 4.69) is 37.2 Å². The van der Waals surface area contributed by atoms with Crippen LogP contribution in [0.2, 0.25) is 0 Å². The number of rotatable bonds is 5. The molecule has 0 fully saturated rings. The number of methoxy groups -OCH3 is 2. The van der Waals surface area contributed by atoms with E-state index in [0.29, 0.717) is 22.5 Å². The lowest BCUT2D eigenvalue weighted by molar-refractivity contribution is -0.114. The van der Waals surface area contributed by atoms with Crippen molar-refractivity contribution in [3.63, 3.8) is 0 Å². The van der Waals surface area contributed by atoms with E-state index in [0.717, 1.165) is 31.2 Å². The first-order valence-electron chi connectivity index (χ1n) is 11.6. The minimum absolute atomic E-state index is 0.195. The molecular formula is C30H26Br2N2O5. The van der Waals surface area contributed by atoms with Crippen LogP contribution < -0.4 is 11.1 Å². The highest BCUT2D eigenvalue weighted by molar-refractivity contribution is 9.11. The smallest absolute Gasteiger partial charge is 0.338 e. The number of hydrogen-bond donors (Lipinski definition) is 2. The molecule has 0 heterocycles. The molecule has 0 saturated heterocycles. The van der Waals surface area contributed by atoms with Crippen LogP contribution in [0.1, 0.15) is 27.6 Å². The maximum absolute atomic E-state index is 12.0. The van der Waals surface area contributed by atoms with Crippen LogP contribution >= 0.6 is 31.9 Å². The highest BCUT2D eigenvalue weighted by Gasteiger charge is 2.17. The largest absolute Gasteiger partial charge is 0.465 e. The van der Waals surface area contributed by atoms with Crippen molar-refractivity contribution in [3.05, 3.63) is 105 Å². The maximum Gasteiger partial charge on any atom is 0.338 e. The van der Waals surface area contributed by atoms with E-state index < -0.39 is 11.9 Å². The van der Waals surface area contributed by atoms with Crippen molar-refractivity contribution in [2.75, 3.05) is 25.3 Å². The van der Waals surface area contributed by atoms with E-state index in [1.807, 2.05) is 54.6 Å². The van der Waals surface area contributed by atoms with Crippen LogP contribution in [-0.4, -0.2) is 32.1 Å². The van der Waals surface area contributed by atoms with Crippen LogP contribution in [0.3, 0.4) is 0 Å². The zero-order chi connectivity index (χ0) is 28.5. The van der Waals surface area contributed by atoms with Gasteiger partial charge in [-0.25, -0.2) is 9.59 Å². The molecule has 0 unspecified atom stereocenters. The number of esters is 2. The number of halogens is 2. The monoisotopic (exact) mass is 652 g/mol. The number of nitrogens with two attached hydrogens (primary N) is 1. The first kappa shape index (κ1) is 29.6. The number of amides is 1.